The average Bonchev–Trinajstić information content (AvgIpc) is 2.28. The molecule has 2 rings (SSSR count). The Balaban J connectivity index is 2.59. The molecule has 0 radical (unpaired) electrons. The van der Waals surface area contributed by atoms with Gasteiger partial charge < -0.3 is 9.47 Å². The van der Waals surface area contributed by atoms with Crippen molar-refractivity contribution in [3.63, 3.8) is 0 Å². The second kappa shape index (κ2) is 4.03. The molecule has 0 saturated heterocycles. The van der Waals surface area contributed by atoms with Crippen LogP contribution in [0.25, 0.3) is 0 Å². The van der Waals surface area contributed by atoms with Crippen LogP contribution in [0.2, 0.25) is 0 Å². The Labute approximate surface area is 99.3 Å². The summed E-state index contributed by atoms with van der Waals surface area (Å²) in [5.74, 6) is 0.266. The maximum absolute atomic E-state index is 12.2. The predicted molar refractivity (Wildman–Crippen MR) is 60.1 cm³/mol. The largest absolute Gasteiger partial charge is 0.497 e. The zero-order valence-corrected chi connectivity index (χ0v) is 10.3. The number of fused-ring (bicyclic) bond motifs is 1. The lowest BCUT2D eigenvalue weighted by atomic mass is 10.3. The summed E-state index contributed by atoms with van der Waals surface area (Å²) in [7, 11) is -2.22. The fourth-order valence-electron chi connectivity index (χ4n) is 1.70. The molecule has 1 aliphatic rings. The van der Waals surface area contributed by atoms with Crippen molar-refractivity contribution in [1.82, 2.24) is 0 Å². The molecule has 0 N–H and O–H groups in total. The third-order valence-corrected chi connectivity index (χ3v) is 4.82. The van der Waals surface area contributed by atoms with E-state index >= 15 is 0 Å². The molecule has 5 nitrogen and oxygen atoms in total. The van der Waals surface area contributed by atoms with Gasteiger partial charge in [0, 0.05) is 6.07 Å². The van der Waals surface area contributed by atoms with Crippen LogP contribution in [0.3, 0.4) is 0 Å². The predicted octanol–water partition coefficient (Wildman–Crippen LogP) is 0.819. The molecule has 92 valence electrons. The lowest BCUT2D eigenvalue weighted by Gasteiger charge is -2.23. The third-order valence-electron chi connectivity index (χ3n) is 2.68. The SMILES string of the molecule is COc1ccc2c(c1)S(=O)(=O)C(C(C)=O)CO2. The maximum Gasteiger partial charge on any atom is 0.195 e. The van der Waals surface area contributed by atoms with Crippen molar-refractivity contribution in [2.45, 2.75) is 17.1 Å². The molecule has 1 aromatic rings. The molecule has 1 unspecified atom stereocenters. The van der Waals surface area contributed by atoms with E-state index in [-0.39, 0.29) is 17.3 Å². The van der Waals surface area contributed by atoms with Gasteiger partial charge in [-0.15, -0.1) is 0 Å². The van der Waals surface area contributed by atoms with Gasteiger partial charge in [-0.2, -0.15) is 0 Å². The van der Waals surface area contributed by atoms with Gasteiger partial charge in [-0.3, -0.25) is 4.79 Å². The molecule has 1 heterocycles. The van der Waals surface area contributed by atoms with E-state index in [1.807, 2.05) is 0 Å². The molecule has 0 saturated carbocycles. The summed E-state index contributed by atoms with van der Waals surface area (Å²) in [4.78, 5) is 11.3. The fraction of sp³-hybridized carbons (Fsp3) is 0.364. The van der Waals surface area contributed by atoms with Crippen molar-refractivity contribution in [3.05, 3.63) is 18.2 Å². The molecule has 0 amide bonds. The van der Waals surface area contributed by atoms with E-state index in [9.17, 15) is 13.2 Å². The monoisotopic (exact) mass is 256 g/mol. The van der Waals surface area contributed by atoms with Gasteiger partial charge >= 0.3 is 0 Å². The van der Waals surface area contributed by atoms with Gasteiger partial charge in [0.1, 0.15) is 23.0 Å². The average molecular weight is 256 g/mol. The van der Waals surface area contributed by atoms with E-state index in [0.717, 1.165) is 0 Å². The highest BCUT2D eigenvalue weighted by atomic mass is 32.2. The van der Waals surface area contributed by atoms with Crippen LogP contribution in [0.4, 0.5) is 0 Å². The maximum atomic E-state index is 12.2. The van der Waals surface area contributed by atoms with E-state index in [0.29, 0.717) is 5.75 Å². The Morgan fingerprint density at radius 1 is 1.47 bits per heavy atom. The zero-order valence-electron chi connectivity index (χ0n) is 9.47. The molecule has 17 heavy (non-hydrogen) atoms. The molecule has 6 heteroatoms. The first-order valence-electron chi connectivity index (χ1n) is 5.02. The number of ketones is 1. The molecule has 0 aliphatic carbocycles. The van der Waals surface area contributed by atoms with Crippen molar-refractivity contribution in [2.75, 3.05) is 13.7 Å². The number of ether oxygens (including phenoxy) is 2. The lowest BCUT2D eigenvalue weighted by molar-refractivity contribution is -0.117. The molecular weight excluding hydrogens is 244 g/mol. The van der Waals surface area contributed by atoms with Gasteiger partial charge in [0.25, 0.3) is 0 Å². The van der Waals surface area contributed by atoms with Crippen LogP contribution in [0.5, 0.6) is 11.5 Å². The number of sulfone groups is 1. The third kappa shape index (κ3) is 1.88. The van der Waals surface area contributed by atoms with Gasteiger partial charge in [0.2, 0.25) is 0 Å². The van der Waals surface area contributed by atoms with Crippen LogP contribution in [-0.4, -0.2) is 33.2 Å². The number of hydrogen-bond donors (Lipinski definition) is 0. The summed E-state index contributed by atoms with van der Waals surface area (Å²) in [5, 5.41) is -1.12. The minimum atomic E-state index is -3.67. The minimum Gasteiger partial charge on any atom is -0.497 e. The Morgan fingerprint density at radius 3 is 2.76 bits per heavy atom. The van der Waals surface area contributed by atoms with Crippen LogP contribution in [0, 0.1) is 0 Å². The molecule has 0 bridgehead atoms. The van der Waals surface area contributed by atoms with E-state index in [4.69, 9.17) is 9.47 Å². The summed E-state index contributed by atoms with van der Waals surface area (Å²) in [6.45, 7) is 1.12. The normalized spacial score (nSPS) is 21.2. The Kier molecular flexibility index (Phi) is 2.82. The van der Waals surface area contributed by atoms with Crippen molar-refractivity contribution in [2.24, 2.45) is 0 Å². The second-order valence-corrected chi connectivity index (χ2v) is 5.87. The van der Waals surface area contributed by atoms with Crippen LogP contribution in [-0.2, 0) is 14.6 Å². The van der Waals surface area contributed by atoms with Crippen molar-refractivity contribution >= 4 is 15.6 Å². The molecule has 1 atom stereocenters. The second-order valence-electron chi connectivity index (χ2n) is 3.77. The summed E-state index contributed by atoms with van der Waals surface area (Å²) in [5.41, 5.74) is 0. The van der Waals surface area contributed by atoms with E-state index in [1.54, 1.807) is 6.07 Å². The Morgan fingerprint density at radius 2 is 2.18 bits per heavy atom. The highest BCUT2D eigenvalue weighted by Crippen LogP contribution is 2.34. The van der Waals surface area contributed by atoms with Crippen molar-refractivity contribution < 1.29 is 22.7 Å². The summed E-state index contributed by atoms with van der Waals surface area (Å²) >= 11 is 0. The topological polar surface area (TPSA) is 69.7 Å². The van der Waals surface area contributed by atoms with Crippen LogP contribution >= 0.6 is 0 Å². The first-order chi connectivity index (χ1) is 7.96. The molecule has 0 spiro atoms. The van der Waals surface area contributed by atoms with Crippen molar-refractivity contribution in [1.29, 1.82) is 0 Å². The number of benzene rings is 1. The molecule has 1 aliphatic heterocycles. The minimum absolute atomic E-state index is 0.0169. The zero-order chi connectivity index (χ0) is 12.6. The highest BCUT2D eigenvalue weighted by molar-refractivity contribution is 7.93. The molecule has 0 fully saturated rings. The standard InChI is InChI=1S/C11H12O5S/c1-7(12)11-6-16-9-4-3-8(15-2)5-10(9)17(11,13)14/h3-5,11H,6H2,1-2H3. The highest BCUT2D eigenvalue weighted by Gasteiger charge is 2.38. The summed E-state index contributed by atoms with van der Waals surface area (Å²) in [6.07, 6.45) is 0. The first kappa shape index (κ1) is 11.9. The number of carbonyl (C=O) groups is 1. The van der Waals surface area contributed by atoms with E-state index < -0.39 is 20.9 Å². The van der Waals surface area contributed by atoms with Gasteiger partial charge in [0.15, 0.2) is 20.9 Å². The van der Waals surface area contributed by atoms with Gasteiger partial charge in [-0.1, -0.05) is 0 Å². The molecule has 1 aromatic carbocycles. The Hall–Kier alpha value is -1.56. The van der Waals surface area contributed by atoms with Crippen LogP contribution < -0.4 is 9.47 Å². The lowest BCUT2D eigenvalue weighted by Crippen LogP contribution is -2.38. The van der Waals surface area contributed by atoms with Gasteiger partial charge in [-0.25, -0.2) is 8.42 Å². The number of hydrogen-bond acceptors (Lipinski definition) is 5. The molecule has 0 aromatic heterocycles. The van der Waals surface area contributed by atoms with Gasteiger partial charge in [-0.05, 0) is 19.1 Å². The molecular formula is C11H12O5S. The summed E-state index contributed by atoms with van der Waals surface area (Å²) < 4.78 is 34.6. The number of rotatable bonds is 2. The van der Waals surface area contributed by atoms with Crippen LogP contribution in [0.1, 0.15) is 6.92 Å². The van der Waals surface area contributed by atoms with Gasteiger partial charge in [0.05, 0.1) is 7.11 Å². The van der Waals surface area contributed by atoms with Crippen molar-refractivity contribution in [3.8, 4) is 11.5 Å². The van der Waals surface area contributed by atoms with E-state index in [1.165, 1.54) is 26.2 Å². The number of Topliss-reactive ketones (excluding diaryl/α,β-unsaturated/α-hetero) is 1. The first-order valence-corrected chi connectivity index (χ1v) is 6.56. The smallest absolute Gasteiger partial charge is 0.195 e. The number of carbonyl (C=O) groups excluding carboxylic acids is 1. The fourth-order valence-corrected chi connectivity index (χ4v) is 3.38. The van der Waals surface area contributed by atoms with Crippen LogP contribution in [0.15, 0.2) is 23.1 Å². The number of methoxy groups -OCH3 is 1. The summed E-state index contributed by atoms with van der Waals surface area (Å²) in [6, 6.07) is 4.52. The quantitative estimate of drug-likeness (QED) is 0.783. The Bertz CT molecular complexity index is 561. The van der Waals surface area contributed by atoms with E-state index in [2.05, 4.69) is 0 Å².